The Morgan fingerprint density at radius 3 is 2.48 bits per heavy atom. The van der Waals surface area contributed by atoms with Crippen LogP contribution in [0.1, 0.15) is 15.9 Å². The minimum absolute atomic E-state index is 0.0532. The van der Waals surface area contributed by atoms with Gasteiger partial charge < -0.3 is 15.3 Å². The molecule has 21 heavy (non-hydrogen) atoms. The second kappa shape index (κ2) is 7.68. The first kappa shape index (κ1) is 17.0. The SMILES string of the molecule is Cc1ccc(C(=O)N(C)C)cc1NC(=O)CSCC(=O)O. The topological polar surface area (TPSA) is 86.7 Å². The van der Waals surface area contributed by atoms with E-state index in [2.05, 4.69) is 5.32 Å². The summed E-state index contributed by atoms with van der Waals surface area (Å²) in [7, 11) is 3.31. The number of aliphatic carboxylic acids is 1. The predicted molar refractivity (Wildman–Crippen MR) is 82.8 cm³/mol. The predicted octanol–water partition coefficient (Wildman–Crippen LogP) is 1.45. The Bertz CT molecular complexity index is 558. The lowest BCUT2D eigenvalue weighted by atomic mass is 10.1. The van der Waals surface area contributed by atoms with Crippen LogP contribution >= 0.6 is 11.8 Å². The minimum Gasteiger partial charge on any atom is -0.481 e. The van der Waals surface area contributed by atoms with Gasteiger partial charge in [-0.15, -0.1) is 11.8 Å². The van der Waals surface area contributed by atoms with Crippen molar-refractivity contribution < 1.29 is 19.5 Å². The van der Waals surface area contributed by atoms with Gasteiger partial charge in [0, 0.05) is 25.3 Å². The molecule has 0 unspecified atom stereocenters. The highest BCUT2D eigenvalue weighted by Gasteiger charge is 2.12. The van der Waals surface area contributed by atoms with Gasteiger partial charge in [0.15, 0.2) is 0 Å². The van der Waals surface area contributed by atoms with E-state index in [4.69, 9.17) is 5.11 Å². The monoisotopic (exact) mass is 310 g/mol. The zero-order valence-corrected chi connectivity index (χ0v) is 13.0. The van der Waals surface area contributed by atoms with Crippen LogP contribution in [-0.4, -0.2) is 53.4 Å². The molecule has 1 aromatic carbocycles. The molecule has 0 aromatic heterocycles. The van der Waals surface area contributed by atoms with Crippen LogP contribution in [0, 0.1) is 6.92 Å². The van der Waals surface area contributed by atoms with Gasteiger partial charge in [-0.25, -0.2) is 0 Å². The summed E-state index contributed by atoms with van der Waals surface area (Å²) < 4.78 is 0. The number of benzene rings is 1. The summed E-state index contributed by atoms with van der Waals surface area (Å²) in [6, 6.07) is 5.08. The van der Waals surface area contributed by atoms with Crippen LogP contribution < -0.4 is 5.32 Å². The normalized spacial score (nSPS) is 10.0. The zero-order chi connectivity index (χ0) is 16.0. The van der Waals surface area contributed by atoms with Crippen molar-refractivity contribution in [3.8, 4) is 0 Å². The molecule has 0 aliphatic rings. The second-order valence-electron chi connectivity index (χ2n) is 4.66. The third-order valence-electron chi connectivity index (χ3n) is 2.62. The molecule has 0 aliphatic heterocycles. The summed E-state index contributed by atoms with van der Waals surface area (Å²) in [5, 5.41) is 11.2. The number of hydrogen-bond acceptors (Lipinski definition) is 4. The largest absolute Gasteiger partial charge is 0.481 e. The van der Waals surface area contributed by atoms with E-state index in [-0.39, 0.29) is 23.3 Å². The Balaban J connectivity index is 2.74. The second-order valence-corrected chi connectivity index (χ2v) is 5.65. The number of carboxylic acid groups (broad SMARTS) is 1. The van der Waals surface area contributed by atoms with E-state index in [0.717, 1.165) is 17.3 Å². The molecule has 1 aromatic rings. The summed E-state index contributed by atoms with van der Waals surface area (Å²) in [4.78, 5) is 35.5. The number of nitrogens with one attached hydrogen (secondary N) is 1. The first-order valence-electron chi connectivity index (χ1n) is 6.23. The average molecular weight is 310 g/mol. The molecule has 6 nitrogen and oxygen atoms in total. The summed E-state index contributed by atoms with van der Waals surface area (Å²) in [6.07, 6.45) is 0. The molecule has 0 saturated carbocycles. The first-order chi connectivity index (χ1) is 9.81. The fraction of sp³-hybridized carbons (Fsp3) is 0.357. The van der Waals surface area contributed by atoms with Crippen molar-refractivity contribution in [2.45, 2.75) is 6.92 Å². The van der Waals surface area contributed by atoms with Crippen molar-refractivity contribution in [3.05, 3.63) is 29.3 Å². The number of aryl methyl sites for hydroxylation is 1. The lowest BCUT2D eigenvalue weighted by molar-refractivity contribution is -0.133. The number of carbonyl (C=O) groups excluding carboxylic acids is 2. The van der Waals surface area contributed by atoms with Gasteiger partial charge >= 0.3 is 5.97 Å². The van der Waals surface area contributed by atoms with Gasteiger partial charge in [-0.2, -0.15) is 0 Å². The van der Waals surface area contributed by atoms with Crippen LogP contribution in [-0.2, 0) is 9.59 Å². The van der Waals surface area contributed by atoms with Crippen molar-refractivity contribution >= 4 is 35.2 Å². The third-order valence-corrected chi connectivity index (χ3v) is 3.54. The number of carbonyl (C=O) groups is 3. The highest BCUT2D eigenvalue weighted by molar-refractivity contribution is 8.00. The number of amides is 2. The average Bonchev–Trinajstić information content (AvgIpc) is 2.39. The standard InChI is InChI=1S/C14H18N2O4S/c1-9-4-5-10(14(20)16(2)3)6-11(9)15-12(17)7-21-8-13(18)19/h4-6H,7-8H2,1-3H3,(H,15,17)(H,18,19). The van der Waals surface area contributed by atoms with Crippen molar-refractivity contribution in [3.63, 3.8) is 0 Å². The number of hydrogen-bond donors (Lipinski definition) is 2. The summed E-state index contributed by atoms with van der Waals surface area (Å²) in [5.41, 5.74) is 1.88. The van der Waals surface area contributed by atoms with Crippen molar-refractivity contribution in [1.29, 1.82) is 0 Å². The summed E-state index contributed by atoms with van der Waals surface area (Å²) >= 11 is 1.02. The Labute approximate surface area is 127 Å². The molecule has 0 atom stereocenters. The van der Waals surface area contributed by atoms with Gasteiger partial charge in [-0.05, 0) is 24.6 Å². The van der Waals surface area contributed by atoms with Crippen LogP contribution in [0.3, 0.4) is 0 Å². The number of carboxylic acids is 1. The zero-order valence-electron chi connectivity index (χ0n) is 12.2. The van der Waals surface area contributed by atoms with Crippen LogP contribution in [0.25, 0.3) is 0 Å². The molecule has 2 amide bonds. The molecule has 2 N–H and O–H groups in total. The first-order valence-corrected chi connectivity index (χ1v) is 7.38. The third kappa shape index (κ3) is 5.47. The molecule has 0 bridgehead atoms. The van der Waals surface area contributed by atoms with Crippen LogP contribution in [0.4, 0.5) is 5.69 Å². The van der Waals surface area contributed by atoms with E-state index in [9.17, 15) is 14.4 Å². The fourth-order valence-electron chi connectivity index (χ4n) is 1.57. The Morgan fingerprint density at radius 2 is 1.90 bits per heavy atom. The van der Waals surface area contributed by atoms with E-state index < -0.39 is 5.97 Å². The molecule has 0 heterocycles. The van der Waals surface area contributed by atoms with Crippen molar-refractivity contribution in [2.24, 2.45) is 0 Å². The van der Waals surface area contributed by atoms with Gasteiger partial charge in [0.05, 0.1) is 11.5 Å². The van der Waals surface area contributed by atoms with Gasteiger partial charge in [-0.3, -0.25) is 14.4 Å². The number of nitrogens with zero attached hydrogens (tertiary/aromatic N) is 1. The van der Waals surface area contributed by atoms with E-state index in [1.807, 2.05) is 6.92 Å². The van der Waals surface area contributed by atoms with Crippen LogP contribution in [0.15, 0.2) is 18.2 Å². The molecule has 1 rings (SSSR count). The molecule has 7 heteroatoms. The van der Waals surface area contributed by atoms with Crippen molar-refractivity contribution in [1.82, 2.24) is 4.90 Å². The van der Waals surface area contributed by atoms with E-state index in [0.29, 0.717) is 11.3 Å². The molecular weight excluding hydrogens is 292 g/mol. The molecule has 0 aliphatic carbocycles. The number of thioether (sulfide) groups is 1. The highest BCUT2D eigenvalue weighted by atomic mass is 32.2. The maximum atomic E-state index is 11.9. The highest BCUT2D eigenvalue weighted by Crippen LogP contribution is 2.18. The Kier molecular flexibility index (Phi) is 6.23. The van der Waals surface area contributed by atoms with E-state index >= 15 is 0 Å². The Morgan fingerprint density at radius 1 is 1.24 bits per heavy atom. The molecule has 0 radical (unpaired) electrons. The van der Waals surface area contributed by atoms with Crippen LogP contribution in [0.5, 0.6) is 0 Å². The molecule has 0 spiro atoms. The number of rotatable bonds is 6. The van der Waals surface area contributed by atoms with Crippen LogP contribution in [0.2, 0.25) is 0 Å². The van der Waals surface area contributed by atoms with Gasteiger partial charge in [0.25, 0.3) is 5.91 Å². The fourth-order valence-corrected chi connectivity index (χ4v) is 2.10. The lowest BCUT2D eigenvalue weighted by Crippen LogP contribution is -2.22. The molecule has 0 saturated heterocycles. The minimum atomic E-state index is -0.956. The van der Waals surface area contributed by atoms with Gasteiger partial charge in [0.1, 0.15) is 0 Å². The maximum Gasteiger partial charge on any atom is 0.313 e. The number of anilines is 1. The quantitative estimate of drug-likeness (QED) is 0.830. The van der Waals surface area contributed by atoms with Crippen molar-refractivity contribution in [2.75, 3.05) is 30.9 Å². The Hall–Kier alpha value is -2.02. The maximum absolute atomic E-state index is 11.9. The van der Waals surface area contributed by atoms with Gasteiger partial charge in [0.2, 0.25) is 5.91 Å². The summed E-state index contributed by atoms with van der Waals surface area (Å²) in [6.45, 7) is 1.82. The molecule has 114 valence electrons. The molecule has 0 fully saturated rings. The van der Waals surface area contributed by atoms with E-state index in [1.54, 1.807) is 32.3 Å². The molecular formula is C14H18N2O4S. The van der Waals surface area contributed by atoms with E-state index in [1.165, 1.54) is 4.90 Å². The smallest absolute Gasteiger partial charge is 0.313 e. The lowest BCUT2D eigenvalue weighted by Gasteiger charge is -2.13. The van der Waals surface area contributed by atoms with Gasteiger partial charge in [-0.1, -0.05) is 6.07 Å². The summed E-state index contributed by atoms with van der Waals surface area (Å²) in [5.74, 6) is -1.46.